The third-order valence-electron chi connectivity index (χ3n) is 5.14. The maximum atomic E-state index is 4.57. The predicted molar refractivity (Wildman–Crippen MR) is 106 cm³/mol. The summed E-state index contributed by atoms with van der Waals surface area (Å²) < 4.78 is 2.02. The van der Waals surface area contributed by atoms with Crippen LogP contribution in [0.3, 0.4) is 0 Å². The SMILES string of the molecule is Cn1cnc(CN2c3ccccc3CNCC2CCc2ccccc2)c1. The highest BCUT2D eigenvalue weighted by molar-refractivity contribution is 5.55. The average molecular weight is 346 g/mol. The number of anilines is 1. The summed E-state index contributed by atoms with van der Waals surface area (Å²) in [6, 6.07) is 20.0. The zero-order valence-electron chi connectivity index (χ0n) is 15.3. The van der Waals surface area contributed by atoms with Gasteiger partial charge in [0.25, 0.3) is 0 Å². The Bertz CT molecular complexity index is 840. The van der Waals surface area contributed by atoms with E-state index in [-0.39, 0.29) is 0 Å². The van der Waals surface area contributed by atoms with E-state index >= 15 is 0 Å². The van der Waals surface area contributed by atoms with Crippen LogP contribution >= 0.6 is 0 Å². The van der Waals surface area contributed by atoms with Gasteiger partial charge < -0.3 is 14.8 Å². The lowest BCUT2D eigenvalue weighted by atomic mass is 10.0. The molecule has 2 aromatic carbocycles. The van der Waals surface area contributed by atoms with Crippen LogP contribution in [0.15, 0.2) is 67.1 Å². The molecule has 1 aliphatic rings. The van der Waals surface area contributed by atoms with Crippen LogP contribution in [-0.2, 0) is 26.6 Å². The number of hydrogen-bond donors (Lipinski definition) is 1. The Kier molecular flexibility index (Phi) is 5.02. The van der Waals surface area contributed by atoms with Gasteiger partial charge >= 0.3 is 0 Å². The number of rotatable bonds is 5. The summed E-state index contributed by atoms with van der Waals surface area (Å²) in [5.74, 6) is 0. The third-order valence-corrected chi connectivity index (χ3v) is 5.14. The summed E-state index contributed by atoms with van der Waals surface area (Å²) in [6.07, 6.45) is 6.22. The Morgan fingerprint density at radius 1 is 1.08 bits per heavy atom. The Balaban J connectivity index is 1.59. The molecule has 1 N–H and O–H groups in total. The molecule has 4 rings (SSSR count). The Hall–Kier alpha value is -2.59. The van der Waals surface area contributed by atoms with Gasteiger partial charge in [-0.2, -0.15) is 0 Å². The average Bonchev–Trinajstić information content (AvgIpc) is 3.00. The normalized spacial score (nSPS) is 17.0. The molecule has 2 heterocycles. The van der Waals surface area contributed by atoms with E-state index < -0.39 is 0 Å². The number of aromatic nitrogens is 2. The second-order valence-electron chi connectivity index (χ2n) is 7.10. The van der Waals surface area contributed by atoms with Crippen LogP contribution < -0.4 is 10.2 Å². The van der Waals surface area contributed by atoms with Crippen molar-refractivity contribution < 1.29 is 0 Å². The number of fused-ring (bicyclic) bond motifs is 1. The highest BCUT2D eigenvalue weighted by Crippen LogP contribution is 2.28. The van der Waals surface area contributed by atoms with Gasteiger partial charge in [0, 0.05) is 38.1 Å². The predicted octanol–water partition coefficient (Wildman–Crippen LogP) is 3.53. The van der Waals surface area contributed by atoms with Crippen LogP contribution in [0.4, 0.5) is 5.69 Å². The van der Waals surface area contributed by atoms with Crippen LogP contribution in [0, 0.1) is 0 Å². The third kappa shape index (κ3) is 3.81. The van der Waals surface area contributed by atoms with Crippen molar-refractivity contribution in [2.45, 2.75) is 32.0 Å². The molecule has 3 aromatic rings. The van der Waals surface area contributed by atoms with E-state index in [0.29, 0.717) is 6.04 Å². The Morgan fingerprint density at radius 2 is 1.88 bits per heavy atom. The van der Waals surface area contributed by atoms with Gasteiger partial charge in [-0.1, -0.05) is 48.5 Å². The number of nitrogens with zero attached hydrogens (tertiary/aromatic N) is 3. The van der Waals surface area contributed by atoms with Gasteiger partial charge in [-0.25, -0.2) is 4.98 Å². The minimum absolute atomic E-state index is 0.445. The monoisotopic (exact) mass is 346 g/mol. The van der Waals surface area contributed by atoms with Crippen molar-refractivity contribution in [2.75, 3.05) is 11.4 Å². The van der Waals surface area contributed by atoms with Crippen LogP contribution in [0.25, 0.3) is 0 Å². The molecule has 0 bridgehead atoms. The molecular weight excluding hydrogens is 320 g/mol. The smallest absolute Gasteiger partial charge is 0.0947 e. The summed E-state index contributed by atoms with van der Waals surface area (Å²) in [5.41, 5.74) is 5.23. The number of imidazole rings is 1. The lowest BCUT2D eigenvalue weighted by Crippen LogP contribution is -2.40. The van der Waals surface area contributed by atoms with Crippen molar-refractivity contribution in [1.82, 2.24) is 14.9 Å². The first-order valence-corrected chi connectivity index (χ1v) is 9.35. The molecule has 0 fully saturated rings. The molecule has 1 atom stereocenters. The molecule has 26 heavy (non-hydrogen) atoms. The lowest BCUT2D eigenvalue weighted by molar-refractivity contribution is 0.514. The van der Waals surface area contributed by atoms with Crippen molar-refractivity contribution in [3.05, 3.63) is 83.9 Å². The second kappa shape index (κ2) is 7.75. The van der Waals surface area contributed by atoms with Gasteiger partial charge in [-0.3, -0.25) is 0 Å². The highest BCUT2D eigenvalue weighted by atomic mass is 15.2. The molecule has 0 spiro atoms. The first kappa shape index (κ1) is 16.9. The van der Waals surface area contributed by atoms with E-state index in [1.165, 1.54) is 16.8 Å². The molecule has 1 aliphatic heterocycles. The summed E-state index contributed by atoms with van der Waals surface area (Å²) in [6.45, 7) is 2.77. The quantitative estimate of drug-likeness (QED) is 0.767. The minimum atomic E-state index is 0.445. The van der Waals surface area contributed by atoms with Crippen molar-refractivity contribution in [3.8, 4) is 0 Å². The highest BCUT2D eigenvalue weighted by Gasteiger charge is 2.24. The summed E-state index contributed by atoms with van der Waals surface area (Å²) in [7, 11) is 2.03. The summed E-state index contributed by atoms with van der Waals surface area (Å²) >= 11 is 0. The topological polar surface area (TPSA) is 33.1 Å². The lowest BCUT2D eigenvalue weighted by Gasteiger charge is -2.32. The molecule has 0 amide bonds. The largest absolute Gasteiger partial charge is 0.361 e. The van der Waals surface area contributed by atoms with Gasteiger partial charge in [0.15, 0.2) is 0 Å². The van der Waals surface area contributed by atoms with E-state index in [9.17, 15) is 0 Å². The molecule has 4 nitrogen and oxygen atoms in total. The van der Waals surface area contributed by atoms with Gasteiger partial charge in [0.1, 0.15) is 0 Å². The fraction of sp³-hybridized carbons (Fsp3) is 0.318. The van der Waals surface area contributed by atoms with Crippen LogP contribution in [0.1, 0.15) is 23.2 Å². The van der Waals surface area contributed by atoms with Crippen molar-refractivity contribution in [3.63, 3.8) is 0 Å². The summed E-state index contributed by atoms with van der Waals surface area (Å²) in [5, 5.41) is 3.64. The minimum Gasteiger partial charge on any atom is -0.361 e. The van der Waals surface area contributed by atoms with Gasteiger partial charge in [0.2, 0.25) is 0 Å². The Morgan fingerprint density at radius 3 is 2.69 bits per heavy atom. The van der Waals surface area contributed by atoms with Crippen molar-refractivity contribution in [1.29, 1.82) is 0 Å². The molecule has 4 heteroatoms. The zero-order chi connectivity index (χ0) is 17.8. The fourth-order valence-corrected chi connectivity index (χ4v) is 3.79. The van der Waals surface area contributed by atoms with Crippen LogP contribution in [0.5, 0.6) is 0 Å². The van der Waals surface area contributed by atoms with Gasteiger partial charge in [-0.05, 0) is 30.0 Å². The van der Waals surface area contributed by atoms with Gasteiger partial charge in [-0.15, -0.1) is 0 Å². The second-order valence-corrected chi connectivity index (χ2v) is 7.10. The molecule has 134 valence electrons. The first-order valence-electron chi connectivity index (χ1n) is 9.35. The van der Waals surface area contributed by atoms with Crippen molar-refractivity contribution in [2.24, 2.45) is 7.05 Å². The number of para-hydroxylation sites is 1. The van der Waals surface area contributed by atoms with E-state index in [4.69, 9.17) is 0 Å². The van der Waals surface area contributed by atoms with Crippen LogP contribution in [-0.4, -0.2) is 22.1 Å². The first-order chi connectivity index (χ1) is 12.8. The maximum Gasteiger partial charge on any atom is 0.0947 e. The van der Waals surface area contributed by atoms with Crippen molar-refractivity contribution >= 4 is 5.69 Å². The summed E-state index contributed by atoms with van der Waals surface area (Å²) in [4.78, 5) is 7.11. The molecule has 0 saturated carbocycles. The molecular formula is C22H26N4. The molecule has 1 aromatic heterocycles. The number of nitrogens with one attached hydrogen (secondary N) is 1. The number of benzene rings is 2. The van der Waals surface area contributed by atoms with E-state index in [1.54, 1.807) is 0 Å². The fourth-order valence-electron chi connectivity index (χ4n) is 3.79. The Labute approximate surface area is 155 Å². The van der Waals surface area contributed by atoms with Gasteiger partial charge in [0.05, 0.1) is 18.6 Å². The maximum absolute atomic E-state index is 4.57. The molecule has 0 saturated heterocycles. The molecule has 0 radical (unpaired) electrons. The molecule has 0 aliphatic carbocycles. The number of hydrogen-bond acceptors (Lipinski definition) is 3. The van der Waals surface area contributed by atoms with E-state index in [1.807, 2.05) is 17.9 Å². The van der Waals surface area contributed by atoms with E-state index in [0.717, 1.165) is 38.2 Å². The zero-order valence-corrected chi connectivity index (χ0v) is 15.3. The standard InChI is InChI=1S/C22H26N4/c1-25-15-20(24-17-25)16-26-21(12-11-18-7-3-2-4-8-18)14-23-13-19-9-5-6-10-22(19)26/h2-10,15,17,21,23H,11-14,16H2,1H3. The van der Waals surface area contributed by atoms with Crippen LogP contribution in [0.2, 0.25) is 0 Å². The van der Waals surface area contributed by atoms with E-state index in [2.05, 4.69) is 76.0 Å². The number of aryl methyl sites for hydroxylation is 2. The molecule has 1 unspecified atom stereocenters.